The fraction of sp³-hybridized carbons (Fsp3) is 0.300. The van der Waals surface area contributed by atoms with Crippen LogP contribution in [0.1, 0.15) is 12.0 Å². The van der Waals surface area contributed by atoms with Gasteiger partial charge in [0.1, 0.15) is 0 Å². The molecule has 3 N–H and O–H groups in total. The minimum atomic E-state index is 0.545. The number of benzene rings is 1. The zero-order valence-electron chi connectivity index (χ0n) is 7.71. The van der Waals surface area contributed by atoms with Gasteiger partial charge in [-0.05, 0) is 30.5 Å². The normalized spacial score (nSPS) is 10.0. The van der Waals surface area contributed by atoms with Gasteiger partial charge in [0.2, 0.25) is 0 Å². The van der Waals surface area contributed by atoms with Crippen LogP contribution in [-0.2, 0) is 0 Å². The van der Waals surface area contributed by atoms with E-state index in [-0.39, 0.29) is 0 Å². The molecule has 0 aliphatic carbocycles. The summed E-state index contributed by atoms with van der Waals surface area (Å²) in [6, 6.07) is 8.02. The topological polar surface area (TPSA) is 49.9 Å². The maximum atomic E-state index is 7.67. The Labute approximate surface area is 83.0 Å². The second-order valence-corrected chi connectivity index (χ2v) is 3.63. The van der Waals surface area contributed by atoms with Crippen LogP contribution < -0.4 is 5.73 Å². The van der Waals surface area contributed by atoms with E-state index in [1.54, 1.807) is 11.8 Å². The lowest BCUT2D eigenvalue weighted by Gasteiger charge is -2.02. The summed E-state index contributed by atoms with van der Waals surface area (Å²) in [7, 11) is 0. The van der Waals surface area contributed by atoms with Crippen molar-refractivity contribution in [3.63, 3.8) is 0 Å². The van der Waals surface area contributed by atoms with E-state index in [2.05, 4.69) is 0 Å². The highest BCUT2D eigenvalue weighted by Crippen LogP contribution is 2.15. The summed E-state index contributed by atoms with van der Waals surface area (Å²) in [5.41, 5.74) is 6.97. The van der Waals surface area contributed by atoms with Crippen LogP contribution in [0.15, 0.2) is 29.2 Å². The van der Waals surface area contributed by atoms with Crippen LogP contribution in [-0.4, -0.2) is 18.5 Å². The largest absolute Gasteiger partial charge is 0.330 e. The van der Waals surface area contributed by atoms with Crippen molar-refractivity contribution in [2.75, 3.05) is 12.8 Å². The lowest BCUT2D eigenvalue weighted by atomic mass is 10.1. The smallest absolute Gasteiger partial charge is 0.0398 e. The monoisotopic (exact) mass is 194 g/mol. The van der Waals surface area contributed by atoms with Crippen molar-refractivity contribution < 1.29 is 0 Å². The molecule has 0 bridgehead atoms. The summed E-state index contributed by atoms with van der Waals surface area (Å²) < 4.78 is 0. The zero-order chi connectivity index (χ0) is 9.68. The van der Waals surface area contributed by atoms with Crippen molar-refractivity contribution in [3.8, 4) is 0 Å². The molecule has 0 spiro atoms. The number of thioether (sulfide) groups is 1. The third kappa shape index (κ3) is 2.86. The van der Waals surface area contributed by atoms with Gasteiger partial charge in [-0.25, -0.2) is 0 Å². The summed E-state index contributed by atoms with van der Waals surface area (Å²) in [5.74, 6) is 0. The molecule has 0 heterocycles. The molecule has 0 unspecified atom stereocenters. The predicted molar refractivity (Wildman–Crippen MR) is 58.7 cm³/mol. The van der Waals surface area contributed by atoms with Gasteiger partial charge in [-0.15, -0.1) is 11.8 Å². The van der Waals surface area contributed by atoms with Gasteiger partial charge in [0.25, 0.3) is 0 Å². The molecule has 13 heavy (non-hydrogen) atoms. The maximum absolute atomic E-state index is 7.67. The van der Waals surface area contributed by atoms with Crippen molar-refractivity contribution in [1.29, 1.82) is 5.41 Å². The van der Waals surface area contributed by atoms with Gasteiger partial charge in [0.15, 0.2) is 0 Å². The molecule has 0 saturated heterocycles. The van der Waals surface area contributed by atoms with Crippen LogP contribution in [0, 0.1) is 5.41 Å². The third-order valence-corrected chi connectivity index (χ3v) is 2.58. The van der Waals surface area contributed by atoms with Gasteiger partial charge >= 0.3 is 0 Å². The molecule has 0 atom stereocenters. The highest BCUT2D eigenvalue weighted by molar-refractivity contribution is 7.98. The summed E-state index contributed by atoms with van der Waals surface area (Å²) in [5, 5.41) is 7.67. The first kappa shape index (κ1) is 10.3. The van der Waals surface area contributed by atoms with Gasteiger partial charge in [0, 0.05) is 17.0 Å². The minimum Gasteiger partial charge on any atom is -0.330 e. The Morgan fingerprint density at radius 1 is 1.38 bits per heavy atom. The van der Waals surface area contributed by atoms with Gasteiger partial charge in [0.05, 0.1) is 0 Å². The van der Waals surface area contributed by atoms with Crippen LogP contribution in [0.4, 0.5) is 0 Å². The number of nitrogens with one attached hydrogen (secondary N) is 1. The lowest BCUT2D eigenvalue weighted by Crippen LogP contribution is -2.07. The summed E-state index contributed by atoms with van der Waals surface area (Å²) in [4.78, 5) is 1.23. The number of rotatable bonds is 4. The molecule has 0 aromatic heterocycles. The second kappa shape index (κ2) is 5.04. The predicted octanol–water partition coefficient (Wildman–Crippen LogP) is 2.13. The van der Waals surface area contributed by atoms with E-state index in [0.717, 1.165) is 5.56 Å². The summed E-state index contributed by atoms with van der Waals surface area (Å²) in [6.07, 6.45) is 2.69. The molecule has 0 amide bonds. The van der Waals surface area contributed by atoms with Crippen molar-refractivity contribution >= 4 is 17.5 Å². The molecule has 1 aromatic carbocycles. The Morgan fingerprint density at radius 2 is 2.00 bits per heavy atom. The Bertz CT molecular complexity index is 279. The first-order valence-corrected chi connectivity index (χ1v) is 5.42. The molecule has 0 fully saturated rings. The molecule has 1 aromatic rings. The molecule has 2 nitrogen and oxygen atoms in total. The maximum Gasteiger partial charge on any atom is 0.0398 e. The van der Waals surface area contributed by atoms with E-state index in [9.17, 15) is 0 Å². The van der Waals surface area contributed by atoms with E-state index in [1.807, 2.05) is 30.5 Å². The van der Waals surface area contributed by atoms with E-state index in [1.165, 1.54) is 4.90 Å². The van der Waals surface area contributed by atoms with E-state index >= 15 is 0 Å². The Kier molecular flexibility index (Phi) is 3.99. The Balaban J connectivity index is 2.74. The zero-order valence-corrected chi connectivity index (χ0v) is 8.53. The molecule has 1 rings (SSSR count). The minimum absolute atomic E-state index is 0.545. The fourth-order valence-corrected chi connectivity index (χ4v) is 1.49. The van der Waals surface area contributed by atoms with E-state index < -0.39 is 0 Å². The quantitative estimate of drug-likeness (QED) is 0.570. The molecular weight excluding hydrogens is 180 g/mol. The number of nitrogens with two attached hydrogens (primary N) is 1. The molecule has 0 saturated carbocycles. The van der Waals surface area contributed by atoms with Crippen LogP contribution in [0.25, 0.3) is 0 Å². The highest BCUT2D eigenvalue weighted by Gasteiger charge is 1.99. The van der Waals surface area contributed by atoms with Gasteiger partial charge < -0.3 is 11.1 Å². The van der Waals surface area contributed by atoms with Crippen LogP contribution in [0.5, 0.6) is 0 Å². The van der Waals surface area contributed by atoms with Gasteiger partial charge in [-0.1, -0.05) is 12.1 Å². The van der Waals surface area contributed by atoms with Crippen LogP contribution in [0.2, 0.25) is 0 Å². The molecule has 70 valence electrons. The Morgan fingerprint density at radius 3 is 2.46 bits per heavy atom. The van der Waals surface area contributed by atoms with E-state index in [4.69, 9.17) is 11.1 Å². The molecule has 0 radical (unpaired) electrons. The van der Waals surface area contributed by atoms with Crippen molar-refractivity contribution in [3.05, 3.63) is 29.8 Å². The number of hydrogen-bond donors (Lipinski definition) is 2. The van der Waals surface area contributed by atoms with Crippen LogP contribution >= 0.6 is 11.8 Å². The van der Waals surface area contributed by atoms with Gasteiger partial charge in [-0.2, -0.15) is 0 Å². The Hall–Kier alpha value is -0.800. The SMILES string of the molecule is CSc1ccc(C(=N)CCN)cc1. The second-order valence-electron chi connectivity index (χ2n) is 2.75. The highest BCUT2D eigenvalue weighted by atomic mass is 32.2. The third-order valence-electron chi connectivity index (χ3n) is 1.83. The summed E-state index contributed by atoms with van der Waals surface area (Å²) >= 11 is 1.71. The first-order chi connectivity index (χ1) is 6.27. The van der Waals surface area contributed by atoms with Crippen LogP contribution in [0.3, 0.4) is 0 Å². The van der Waals surface area contributed by atoms with Gasteiger partial charge in [-0.3, -0.25) is 0 Å². The molecule has 3 heteroatoms. The number of hydrogen-bond acceptors (Lipinski definition) is 3. The molecular formula is C10H14N2S. The fourth-order valence-electron chi connectivity index (χ4n) is 1.08. The first-order valence-electron chi connectivity index (χ1n) is 4.20. The lowest BCUT2D eigenvalue weighted by molar-refractivity contribution is 1.03. The average Bonchev–Trinajstić information content (AvgIpc) is 2.18. The summed E-state index contributed by atoms with van der Waals surface area (Å²) in [6.45, 7) is 0.545. The van der Waals surface area contributed by atoms with E-state index in [0.29, 0.717) is 18.7 Å². The standard InChI is InChI=1S/C10H14N2S/c1-13-9-4-2-8(3-5-9)10(12)6-7-11/h2-5,12H,6-7,11H2,1H3. The molecule has 0 aliphatic heterocycles. The average molecular weight is 194 g/mol. The van der Waals surface area contributed by atoms with Crippen molar-refractivity contribution in [2.24, 2.45) is 5.73 Å². The van der Waals surface area contributed by atoms with Crippen molar-refractivity contribution in [2.45, 2.75) is 11.3 Å². The molecule has 0 aliphatic rings. The van der Waals surface area contributed by atoms with Crippen molar-refractivity contribution in [1.82, 2.24) is 0 Å².